The maximum Gasteiger partial charge on any atom is 0.340 e. The Kier molecular flexibility index (Phi) is 7.21. The minimum atomic E-state index is -1.14. The molecule has 5 aromatic rings. The van der Waals surface area contributed by atoms with E-state index in [1.54, 1.807) is 18.4 Å². The van der Waals surface area contributed by atoms with Crippen LogP contribution < -0.4 is 5.32 Å². The van der Waals surface area contributed by atoms with Crippen LogP contribution in [0, 0.1) is 13.8 Å². The van der Waals surface area contributed by atoms with Gasteiger partial charge in [-0.15, -0.1) is 0 Å². The number of benzene rings is 3. The van der Waals surface area contributed by atoms with Gasteiger partial charge in [0.2, 0.25) is 6.10 Å². The smallest absolute Gasteiger partial charge is 0.340 e. The van der Waals surface area contributed by atoms with Gasteiger partial charge in [0.25, 0.3) is 5.91 Å². The van der Waals surface area contributed by atoms with Crippen molar-refractivity contribution >= 4 is 40.1 Å². The molecule has 1 aliphatic carbocycles. The molecule has 6 heteroatoms. The highest BCUT2D eigenvalue weighted by Crippen LogP contribution is 2.37. The first kappa shape index (κ1) is 26.3. The Hall–Kier alpha value is -4.97. The van der Waals surface area contributed by atoms with Crippen molar-refractivity contribution < 1.29 is 18.7 Å². The Bertz CT molecular complexity index is 1750. The summed E-state index contributed by atoms with van der Waals surface area (Å²) in [5.41, 5.74) is 7.07. The van der Waals surface area contributed by atoms with Crippen LogP contribution in [0.4, 0.5) is 5.69 Å². The zero-order chi connectivity index (χ0) is 28.3. The topological polar surface area (TPSA) is 81.4 Å². The molecule has 2 heterocycles. The fraction of sp³-hybridized carbons (Fsp3) is 0.171. The Morgan fingerprint density at radius 1 is 0.927 bits per heavy atom. The first-order valence-corrected chi connectivity index (χ1v) is 13.8. The highest BCUT2D eigenvalue weighted by molar-refractivity contribution is 6.08. The summed E-state index contributed by atoms with van der Waals surface area (Å²) in [6.07, 6.45) is 4.83. The molecule has 1 aliphatic rings. The number of rotatable bonds is 6. The minimum Gasteiger partial charge on any atom is -0.465 e. The number of furan rings is 1. The Morgan fingerprint density at radius 2 is 1.68 bits per heavy atom. The van der Waals surface area contributed by atoms with Crippen molar-refractivity contribution in [3.8, 4) is 0 Å². The summed E-state index contributed by atoms with van der Waals surface area (Å²) in [7, 11) is 0. The van der Waals surface area contributed by atoms with Crippen molar-refractivity contribution in [3.63, 3.8) is 0 Å². The molecule has 3 aromatic carbocycles. The Balaban J connectivity index is 1.41. The van der Waals surface area contributed by atoms with Crippen molar-refractivity contribution in [3.05, 3.63) is 130 Å². The molecule has 204 valence electrons. The Morgan fingerprint density at radius 3 is 2.44 bits per heavy atom. The molecule has 0 spiro atoms. The van der Waals surface area contributed by atoms with Gasteiger partial charge in [0.1, 0.15) is 5.76 Å². The number of carbonyl (C=O) groups is 2. The molecule has 0 saturated heterocycles. The molecule has 2 aromatic heterocycles. The maximum absolute atomic E-state index is 14.1. The second-order valence-electron chi connectivity index (χ2n) is 10.4. The zero-order valence-electron chi connectivity index (χ0n) is 23.0. The molecular weight excluding hydrogens is 512 g/mol. The van der Waals surface area contributed by atoms with E-state index >= 15 is 0 Å². The summed E-state index contributed by atoms with van der Waals surface area (Å²) >= 11 is 0. The second-order valence-corrected chi connectivity index (χ2v) is 10.4. The molecule has 0 bridgehead atoms. The van der Waals surface area contributed by atoms with E-state index in [1.165, 1.54) is 0 Å². The second kappa shape index (κ2) is 11.3. The van der Waals surface area contributed by atoms with Gasteiger partial charge in [-0.25, -0.2) is 9.78 Å². The van der Waals surface area contributed by atoms with Crippen molar-refractivity contribution in [1.29, 1.82) is 0 Å². The molecule has 1 N–H and O–H groups in total. The van der Waals surface area contributed by atoms with Gasteiger partial charge in [0.05, 0.1) is 23.0 Å². The summed E-state index contributed by atoms with van der Waals surface area (Å²) in [6.45, 7) is 3.95. The van der Waals surface area contributed by atoms with Crippen LogP contribution in [0.2, 0.25) is 0 Å². The van der Waals surface area contributed by atoms with Gasteiger partial charge >= 0.3 is 5.97 Å². The number of pyridine rings is 1. The van der Waals surface area contributed by atoms with Gasteiger partial charge in [-0.1, -0.05) is 54.6 Å². The molecule has 1 amide bonds. The molecule has 6 nitrogen and oxygen atoms in total. The first-order valence-electron chi connectivity index (χ1n) is 13.8. The van der Waals surface area contributed by atoms with Crippen molar-refractivity contribution in [1.82, 2.24) is 4.98 Å². The van der Waals surface area contributed by atoms with Crippen LogP contribution in [0.5, 0.6) is 0 Å². The van der Waals surface area contributed by atoms with E-state index in [1.807, 2.05) is 92.7 Å². The molecule has 6 rings (SSSR count). The Labute approximate surface area is 238 Å². The lowest BCUT2D eigenvalue weighted by atomic mass is 9.86. The standard InChI is InChI=1S/C35H30N2O4/c1-22-18-23(2)20-26(19-22)36-34(38)33(24-10-4-3-5-11-24)41-35(39)31-28-14-6-7-16-30(28)37-32-25(12-8-15-29(31)32)21-27-13-9-17-40-27/h3-7,9-11,13-14,16-21,33H,8,12,15H2,1-2H3,(H,36,38)/b25-21+. The summed E-state index contributed by atoms with van der Waals surface area (Å²) in [5.74, 6) is -0.233. The minimum absolute atomic E-state index is 0.416. The number of nitrogens with zero attached hydrogens (tertiary/aromatic N) is 1. The van der Waals surface area contributed by atoms with Gasteiger partial charge in [0.15, 0.2) is 0 Å². The summed E-state index contributed by atoms with van der Waals surface area (Å²) < 4.78 is 11.7. The molecule has 0 aliphatic heterocycles. The van der Waals surface area contributed by atoms with Crippen molar-refractivity contribution in [2.45, 2.75) is 39.2 Å². The highest BCUT2D eigenvalue weighted by Gasteiger charge is 2.31. The van der Waals surface area contributed by atoms with Crippen LogP contribution in [0.15, 0.2) is 95.6 Å². The average Bonchev–Trinajstić information content (AvgIpc) is 3.48. The van der Waals surface area contributed by atoms with Crippen LogP contribution in [0.25, 0.3) is 22.6 Å². The zero-order valence-corrected chi connectivity index (χ0v) is 23.0. The van der Waals surface area contributed by atoms with E-state index in [0.29, 0.717) is 34.1 Å². The van der Waals surface area contributed by atoms with E-state index in [0.717, 1.165) is 46.6 Å². The third kappa shape index (κ3) is 5.54. The number of fused-ring (bicyclic) bond motifs is 2. The molecule has 0 fully saturated rings. The largest absolute Gasteiger partial charge is 0.465 e. The van der Waals surface area contributed by atoms with Crippen LogP contribution in [0.1, 0.15) is 63.0 Å². The lowest BCUT2D eigenvalue weighted by Crippen LogP contribution is -2.27. The molecule has 0 saturated carbocycles. The summed E-state index contributed by atoms with van der Waals surface area (Å²) in [6, 6.07) is 26.3. The van der Waals surface area contributed by atoms with E-state index in [-0.39, 0.29) is 0 Å². The first-order chi connectivity index (χ1) is 20.0. The summed E-state index contributed by atoms with van der Waals surface area (Å²) in [4.78, 5) is 32.8. The highest BCUT2D eigenvalue weighted by atomic mass is 16.5. The molecule has 41 heavy (non-hydrogen) atoms. The number of para-hydroxylation sites is 1. The lowest BCUT2D eigenvalue weighted by Gasteiger charge is -2.24. The van der Waals surface area contributed by atoms with Crippen LogP contribution in [-0.2, 0) is 16.0 Å². The molecular formula is C35H30N2O4. The third-order valence-electron chi connectivity index (χ3n) is 7.29. The van der Waals surface area contributed by atoms with Crippen molar-refractivity contribution in [2.75, 3.05) is 5.32 Å². The lowest BCUT2D eigenvalue weighted by molar-refractivity contribution is -0.125. The number of nitrogens with one attached hydrogen (secondary N) is 1. The van der Waals surface area contributed by atoms with Gasteiger partial charge in [-0.05, 0) is 91.8 Å². The van der Waals surface area contributed by atoms with Crippen LogP contribution in [-0.4, -0.2) is 16.9 Å². The van der Waals surface area contributed by atoms with Crippen molar-refractivity contribution in [2.24, 2.45) is 0 Å². The molecule has 1 atom stereocenters. The number of esters is 1. The molecule has 1 unspecified atom stereocenters. The normalized spacial score (nSPS) is 14.4. The predicted octanol–water partition coefficient (Wildman–Crippen LogP) is 7.86. The number of hydrogen-bond acceptors (Lipinski definition) is 5. The number of hydrogen-bond donors (Lipinski definition) is 1. The fourth-order valence-corrected chi connectivity index (χ4v) is 5.57. The van der Waals surface area contributed by atoms with E-state index in [2.05, 4.69) is 5.32 Å². The average molecular weight is 543 g/mol. The van der Waals surface area contributed by atoms with Crippen LogP contribution in [0.3, 0.4) is 0 Å². The molecule has 0 radical (unpaired) electrons. The van der Waals surface area contributed by atoms with E-state index < -0.39 is 18.0 Å². The van der Waals surface area contributed by atoms with Crippen LogP contribution >= 0.6 is 0 Å². The number of carbonyl (C=O) groups excluding carboxylic acids is 2. The van der Waals surface area contributed by atoms with Gasteiger partial charge in [-0.3, -0.25) is 4.79 Å². The van der Waals surface area contributed by atoms with Gasteiger partial charge < -0.3 is 14.5 Å². The number of amides is 1. The number of ether oxygens (including phenoxy) is 1. The number of allylic oxidation sites excluding steroid dienone is 1. The predicted molar refractivity (Wildman–Crippen MR) is 160 cm³/mol. The van der Waals surface area contributed by atoms with Gasteiger partial charge in [0, 0.05) is 16.6 Å². The van der Waals surface area contributed by atoms with E-state index in [4.69, 9.17) is 14.1 Å². The number of anilines is 1. The maximum atomic E-state index is 14.1. The van der Waals surface area contributed by atoms with Gasteiger partial charge in [-0.2, -0.15) is 0 Å². The SMILES string of the molecule is Cc1cc(C)cc(NC(=O)C(OC(=O)c2c3c(nc4ccccc24)/C(=C/c2ccco2)CCC3)c2ccccc2)c1. The van der Waals surface area contributed by atoms with E-state index in [9.17, 15) is 9.59 Å². The number of aryl methyl sites for hydroxylation is 2. The third-order valence-corrected chi connectivity index (χ3v) is 7.29. The quantitative estimate of drug-likeness (QED) is 0.221. The summed E-state index contributed by atoms with van der Waals surface area (Å²) in [5, 5.41) is 3.67. The fourth-order valence-electron chi connectivity index (χ4n) is 5.57. The monoisotopic (exact) mass is 542 g/mol. The number of aromatic nitrogens is 1.